The lowest BCUT2D eigenvalue weighted by atomic mass is 9.73. The fraction of sp³-hybridized carbons (Fsp3) is 0.0435. The molecule has 47 heavy (non-hydrogen) atoms. The molecular formula is C46H28O. The van der Waals surface area contributed by atoms with Gasteiger partial charge < -0.3 is 4.42 Å². The minimum atomic E-state index is -0.360. The highest BCUT2D eigenvalue weighted by atomic mass is 16.3. The zero-order valence-electron chi connectivity index (χ0n) is 25.8. The van der Waals surface area contributed by atoms with Crippen molar-refractivity contribution >= 4 is 65.0 Å². The van der Waals surface area contributed by atoms with Crippen molar-refractivity contribution in [2.45, 2.75) is 12.3 Å². The van der Waals surface area contributed by atoms with E-state index < -0.39 is 0 Å². The topological polar surface area (TPSA) is 13.1 Å². The van der Waals surface area contributed by atoms with Gasteiger partial charge in [-0.1, -0.05) is 127 Å². The molecule has 1 heteroatoms. The summed E-state index contributed by atoms with van der Waals surface area (Å²) in [6.07, 6.45) is 0. The van der Waals surface area contributed by atoms with Gasteiger partial charge in [-0.3, -0.25) is 0 Å². The zero-order chi connectivity index (χ0) is 30.9. The first-order chi connectivity index (χ1) is 23.2. The summed E-state index contributed by atoms with van der Waals surface area (Å²) >= 11 is 0. The average molecular weight is 597 g/mol. The predicted octanol–water partition coefficient (Wildman–Crippen LogP) is 12.6. The van der Waals surface area contributed by atoms with E-state index in [9.17, 15) is 0 Å². The highest BCUT2D eigenvalue weighted by Crippen LogP contribution is 2.56. The molecule has 1 atom stereocenters. The van der Waals surface area contributed by atoms with Gasteiger partial charge in [-0.25, -0.2) is 0 Å². The Kier molecular flexibility index (Phi) is 4.77. The largest absolute Gasteiger partial charge is 0.456 e. The Bertz CT molecular complexity index is 2910. The number of hydrogen-bond acceptors (Lipinski definition) is 1. The number of hydrogen-bond donors (Lipinski definition) is 0. The van der Waals surface area contributed by atoms with Gasteiger partial charge in [0.15, 0.2) is 0 Å². The molecule has 11 rings (SSSR count). The van der Waals surface area contributed by atoms with Gasteiger partial charge in [0.25, 0.3) is 0 Å². The van der Waals surface area contributed by atoms with E-state index in [2.05, 4.69) is 153 Å². The molecule has 1 aromatic heterocycles. The van der Waals surface area contributed by atoms with Gasteiger partial charge in [0.1, 0.15) is 11.2 Å². The van der Waals surface area contributed by atoms with Crippen LogP contribution in [0.4, 0.5) is 0 Å². The van der Waals surface area contributed by atoms with Crippen LogP contribution < -0.4 is 0 Å². The summed E-state index contributed by atoms with van der Waals surface area (Å²) in [6.45, 7) is 2.42. The molecule has 0 spiro atoms. The molecule has 9 aromatic carbocycles. The van der Waals surface area contributed by atoms with Crippen LogP contribution >= 0.6 is 0 Å². The second-order valence-corrected chi connectivity index (χ2v) is 13.4. The Morgan fingerprint density at radius 3 is 2.00 bits per heavy atom. The lowest BCUT2D eigenvalue weighted by Gasteiger charge is -2.29. The molecule has 0 saturated heterocycles. The number of benzene rings is 9. The Labute approximate surface area is 271 Å². The van der Waals surface area contributed by atoms with Crippen molar-refractivity contribution in [3.63, 3.8) is 0 Å². The second kappa shape index (κ2) is 8.87. The normalized spacial score (nSPS) is 15.9. The summed E-state index contributed by atoms with van der Waals surface area (Å²) < 4.78 is 6.27. The standard InChI is InChI=1S/C46H28O/c1-46(32-19-24-42-38(26-32)35-11-4-5-12-41(35)47-42)39-23-18-27-7-2-3-10-34(27)45(39)37-22-17-31(25-40(37)46)33-20-15-30-14-13-28-8-6-9-29-16-21-36(33)44(30)43(28)29/h2-26H,1H3. The van der Waals surface area contributed by atoms with Crippen LogP contribution in [-0.2, 0) is 5.41 Å². The molecule has 0 radical (unpaired) electrons. The van der Waals surface area contributed by atoms with E-state index in [0.717, 1.165) is 21.9 Å². The summed E-state index contributed by atoms with van der Waals surface area (Å²) in [5, 5.41) is 12.8. The molecule has 0 aliphatic heterocycles. The molecule has 0 bridgehead atoms. The molecule has 1 nitrogen and oxygen atoms in total. The van der Waals surface area contributed by atoms with Gasteiger partial charge in [-0.05, 0) is 113 Å². The van der Waals surface area contributed by atoms with E-state index in [1.54, 1.807) is 0 Å². The molecule has 1 unspecified atom stereocenters. The summed E-state index contributed by atoms with van der Waals surface area (Å²) in [4.78, 5) is 0. The first kappa shape index (κ1) is 25.3. The fourth-order valence-corrected chi connectivity index (χ4v) is 8.80. The van der Waals surface area contributed by atoms with E-state index in [0.29, 0.717) is 0 Å². The van der Waals surface area contributed by atoms with Crippen molar-refractivity contribution in [3.05, 3.63) is 168 Å². The smallest absolute Gasteiger partial charge is 0.135 e. The average Bonchev–Trinajstić information content (AvgIpc) is 3.63. The third-order valence-electron chi connectivity index (χ3n) is 11.1. The summed E-state index contributed by atoms with van der Waals surface area (Å²) in [6, 6.07) is 56.3. The van der Waals surface area contributed by atoms with Crippen molar-refractivity contribution < 1.29 is 4.42 Å². The number of para-hydroxylation sites is 1. The van der Waals surface area contributed by atoms with Gasteiger partial charge >= 0.3 is 0 Å². The molecule has 218 valence electrons. The highest BCUT2D eigenvalue weighted by Gasteiger charge is 2.42. The van der Waals surface area contributed by atoms with Crippen LogP contribution in [0.15, 0.2) is 156 Å². The lowest BCUT2D eigenvalue weighted by molar-refractivity contribution is 0.667. The van der Waals surface area contributed by atoms with Gasteiger partial charge in [0.2, 0.25) is 0 Å². The summed E-state index contributed by atoms with van der Waals surface area (Å²) in [5.41, 5.74) is 10.7. The zero-order valence-corrected chi connectivity index (χ0v) is 25.8. The highest BCUT2D eigenvalue weighted by molar-refractivity contribution is 6.25. The van der Waals surface area contributed by atoms with Crippen LogP contribution in [0.3, 0.4) is 0 Å². The van der Waals surface area contributed by atoms with Crippen LogP contribution in [0.5, 0.6) is 0 Å². The molecule has 0 saturated carbocycles. The van der Waals surface area contributed by atoms with E-state index in [4.69, 9.17) is 4.42 Å². The van der Waals surface area contributed by atoms with E-state index >= 15 is 0 Å². The SMILES string of the molecule is CC1(c2ccc3oc4ccccc4c3c2)c2cc(-c3ccc4ccc5cccc6ccc3c4c56)ccc2-c2c1ccc1ccccc21. The minimum absolute atomic E-state index is 0.360. The summed E-state index contributed by atoms with van der Waals surface area (Å²) in [5.74, 6) is 0. The summed E-state index contributed by atoms with van der Waals surface area (Å²) in [7, 11) is 0. The Balaban J connectivity index is 1.21. The van der Waals surface area contributed by atoms with Crippen molar-refractivity contribution in [2.75, 3.05) is 0 Å². The van der Waals surface area contributed by atoms with E-state index in [1.807, 2.05) is 6.07 Å². The molecule has 0 amide bonds. The van der Waals surface area contributed by atoms with Crippen LogP contribution in [0.1, 0.15) is 23.6 Å². The Morgan fingerprint density at radius 2 is 1.11 bits per heavy atom. The monoisotopic (exact) mass is 596 g/mol. The van der Waals surface area contributed by atoms with Gasteiger partial charge in [-0.2, -0.15) is 0 Å². The molecule has 1 aliphatic carbocycles. The second-order valence-electron chi connectivity index (χ2n) is 13.4. The number of furan rings is 1. The lowest BCUT2D eigenvalue weighted by Crippen LogP contribution is -2.22. The van der Waals surface area contributed by atoms with Crippen LogP contribution in [0.25, 0.3) is 87.3 Å². The molecule has 10 aromatic rings. The van der Waals surface area contributed by atoms with E-state index in [-0.39, 0.29) is 5.41 Å². The number of rotatable bonds is 2. The molecule has 0 fully saturated rings. The van der Waals surface area contributed by atoms with Crippen molar-refractivity contribution in [3.8, 4) is 22.3 Å². The fourth-order valence-electron chi connectivity index (χ4n) is 8.80. The Morgan fingerprint density at radius 1 is 0.426 bits per heavy atom. The third kappa shape index (κ3) is 3.23. The minimum Gasteiger partial charge on any atom is -0.456 e. The maximum atomic E-state index is 6.27. The Hall–Kier alpha value is -5.92. The predicted molar refractivity (Wildman–Crippen MR) is 198 cm³/mol. The quantitative estimate of drug-likeness (QED) is 0.181. The van der Waals surface area contributed by atoms with Crippen LogP contribution in [0, 0.1) is 0 Å². The first-order valence-electron chi connectivity index (χ1n) is 16.4. The molecule has 0 N–H and O–H groups in total. The third-order valence-corrected chi connectivity index (χ3v) is 11.1. The first-order valence-corrected chi connectivity index (χ1v) is 16.4. The van der Waals surface area contributed by atoms with Crippen LogP contribution in [0.2, 0.25) is 0 Å². The maximum absolute atomic E-state index is 6.27. The molecule has 1 heterocycles. The van der Waals surface area contributed by atoms with Crippen LogP contribution in [-0.4, -0.2) is 0 Å². The van der Waals surface area contributed by atoms with Crippen molar-refractivity contribution in [1.82, 2.24) is 0 Å². The molecular weight excluding hydrogens is 569 g/mol. The maximum Gasteiger partial charge on any atom is 0.135 e. The number of fused-ring (bicyclic) bond motifs is 8. The molecule has 1 aliphatic rings. The van der Waals surface area contributed by atoms with Crippen molar-refractivity contribution in [1.29, 1.82) is 0 Å². The van der Waals surface area contributed by atoms with E-state index in [1.165, 1.54) is 82.0 Å². The van der Waals surface area contributed by atoms with Gasteiger partial charge in [0.05, 0.1) is 0 Å². The van der Waals surface area contributed by atoms with Crippen molar-refractivity contribution in [2.24, 2.45) is 0 Å². The van der Waals surface area contributed by atoms with Gasteiger partial charge in [-0.15, -0.1) is 0 Å². The van der Waals surface area contributed by atoms with Gasteiger partial charge in [0, 0.05) is 16.2 Å².